The average molecular weight is 392 g/mol. The van der Waals surface area contributed by atoms with Crippen LogP contribution in [0.15, 0.2) is 71.0 Å². The Bertz CT molecular complexity index is 1170. The first-order valence-electron chi connectivity index (χ1n) is 8.73. The Hall–Kier alpha value is -3.06. The first kappa shape index (κ1) is 18.3. The molecule has 2 heterocycles. The molecule has 4 rings (SSSR count). The number of nitrogens with zero attached hydrogens (tertiary/aromatic N) is 4. The van der Waals surface area contributed by atoms with Crippen LogP contribution in [0, 0.1) is 12.7 Å². The van der Waals surface area contributed by atoms with Gasteiger partial charge in [0, 0.05) is 11.9 Å². The van der Waals surface area contributed by atoms with E-state index in [1.165, 1.54) is 52.1 Å². The molecule has 0 aliphatic rings. The van der Waals surface area contributed by atoms with Crippen molar-refractivity contribution in [2.75, 3.05) is 0 Å². The van der Waals surface area contributed by atoms with Crippen LogP contribution in [0.3, 0.4) is 0 Å². The van der Waals surface area contributed by atoms with Crippen LogP contribution in [-0.2, 0) is 12.3 Å². The number of rotatable bonds is 5. The van der Waals surface area contributed by atoms with Gasteiger partial charge in [0.2, 0.25) is 0 Å². The first-order chi connectivity index (χ1) is 13.6. The summed E-state index contributed by atoms with van der Waals surface area (Å²) >= 11 is 1.50. The van der Waals surface area contributed by atoms with E-state index in [0.717, 1.165) is 11.3 Å². The fraction of sp³-hybridized carbons (Fsp3) is 0.143. The van der Waals surface area contributed by atoms with Crippen molar-refractivity contribution >= 4 is 22.8 Å². The fourth-order valence-corrected chi connectivity index (χ4v) is 3.51. The second-order valence-corrected chi connectivity index (χ2v) is 7.41. The van der Waals surface area contributed by atoms with Gasteiger partial charge in [0.05, 0.1) is 6.54 Å². The third kappa shape index (κ3) is 4.09. The van der Waals surface area contributed by atoms with Gasteiger partial charge in [-0.15, -0.1) is 0 Å². The van der Waals surface area contributed by atoms with Crippen molar-refractivity contribution < 1.29 is 4.39 Å². The van der Waals surface area contributed by atoms with Gasteiger partial charge in [-0.2, -0.15) is 0 Å². The second kappa shape index (κ2) is 7.90. The molecule has 7 heteroatoms. The van der Waals surface area contributed by atoms with Crippen LogP contribution in [-0.4, -0.2) is 19.5 Å². The molecule has 28 heavy (non-hydrogen) atoms. The SMILES string of the molecule is Cc1ccc(CSc2ncc3c(=O)n(Cc4ccc(F)cc4)cnc3n2)cc1. The summed E-state index contributed by atoms with van der Waals surface area (Å²) in [6.45, 7) is 2.36. The lowest BCUT2D eigenvalue weighted by Gasteiger charge is -2.07. The van der Waals surface area contributed by atoms with Crippen LogP contribution in [0.2, 0.25) is 0 Å². The minimum absolute atomic E-state index is 0.218. The summed E-state index contributed by atoms with van der Waals surface area (Å²) in [7, 11) is 0. The Balaban J connectivity index is 1.54. The van der Waals surface area contributed by atoms with Crippen LogP contribution < -0.4 is 5.56 Å². The molecule has 0 bridgehead atoms. The van der Waals surface area contributed by atoms with Gasteiger partial charge in [0.15, 0.2) is 10.8 Å². The molecular weight excluding hydrogens is 375 g/mol. The van der Waals surface area contributed by atoms with Gasteiger partial charge < -0.3 is 0 Å². The monoisotopic (exact) mass is 392 g/mol. The average Bonchev–Trinajstić information content (AvgIpc) is 2.71. The van der Waals surface area contributed by atoms with E-state index >= 15 is 0 Å². The second-order valence-electron chi connectivity index (χ2n) is 6.47. The lowest BCUT2D eigenvalue weighted by molar-refractivity contribution is 0.626. The van der Waals surface area contributed by atoms with E-state index < -0.39 is 0 Å². The highest BCUT2D eigenvalue weighted by Crippen LogP contribution is 2.20. The fourth-order valence-electron chi connectivity index (χ4n) is 2.74. The Kier molecular flexibility index (Phi) is 5.16. The van der Waals surface area contributed by atoms with Gasteiger partial charge in [-0.05, 0) is 30.2 Å². The molecule has 0 unspecified atom stereocenters. The Morgan fingerprint density at radius 2 is 1.71 bits per heavy atom. The van der Waals surface area contributed by atoms with E-state index in [2.05, 4.69) is 46.1 Å². The summed E-state index contributed by atoms with van der Waals surface area (Å²) in [5.41, 5.74) is 3.38. The molecule has 0 saturated carbocycles. The van der Waals surface area contributed by atoms with Crippen molar-refractivity contribution in [2.45, 2.75) is 24.4 Å². The van der Waals surface area contributed by atoms with Crippen molar-refractivity contribution in [3.8, 4) is 0 Å². The minimum atomic E-state index is -0.309. The third-order valence-corrected chi connectivity index (χ3v) is 5.24. The summed E-state index contributed by atoms with van der Waals surface area (Å²) in [6, 6.07) is 14.3. The van der Waals surface area contributed by atoms with Crippen molar-refractivity contribution in [3.05, 3.63) is 93.9 Å². The van der Waals surface area contributed by atoms with E-state index in [-0.39, 0.29) is 11.4 Å². The van der Waals surface area contributed by atoms with Crippen LogP contribution in [0.25, 0.3) is 11.0 Å². The standard InChI is InChI=1S/C21H17FN4OS/c1-14-2-4-16(5-3-14)12-28-21-23-10-18-19(25-21)24-13-26(20(18)27)11-15-6-8-17(22)9-7-15/h2-10,13H,11-12H2,1H3. The number of fused-ring (bicyclic) bond motifs is 1. The van der Waals surface area contributed by atoms with E-state index in [9.17, 15) is 9.18 Å². The molecule has 0 amide bonds. The largest absolute Gasteiger partial charge is 0.294 e. The van der Waals surface area contributed by atoms with Crippen LogP contribution >= 0.6 is 11.8 Å². The molecule has 0 saturated heterocycles. The molecular formula is C21H17FN4OS. The zero-order valence-electron chi connectivity index (χ0n) is 15.2. The molecule has 4 aromatic rings. The number of halogens is 1. The molecule has 0 spiro atoms. The summed E-state index contributed by atoms with van der Waals surface area (Å²) in [5, 5.41) is 0.945. The molecule has 2 aromatic heterocycles. The number of thioether (sulfide) groups is 1. The molecule has 140 valence electrons. The Morgan fingerprint density at radius 3 is 2.46 bits per heavy atom. The van der Waals surface area contributed by atoms with Crippen molar-refractivity contribution in [1.82, 2.24) is 19.5 Å². The predicted molar refractivity (Wildman–Crippen MR) is 108 cm³/mol. The molecule has 0 aliphatic heterocycles. The number of hydrogen-bond acceptors (Lipinski definition) is 5. The van der Waals surface area contributed by atoms with Crippen molar-refractivity contribution in [2.24, 2.45) is 0 Å². The van der Waals surface area contributed by atoms with E-state index in [1.54, 1.807) is 12.1 Å². The van der Waals surface area contributed by atoms with E-state index in [0.29, 0.717) is 22.7 Å². The number of hydrogen-bond donors (Lipinski definition) is 0. The highest BCUT2D eigenvalue weighted by Gasteiger charge is 2.09. The predicted octanol–water partition coefficient (Wildman–Crippen LogP) is 3.97. The Morgan fingerprint density at radius 1 is 1.00 bits per heavy atom. The first-order valence-corrected chi connectivity index (χ1v) is 9.72. The molecule has 0 radical (unpaired) electrons. The third-order valence-electron chi connectivity index (χ3n) is 4.31. The lowest BCUT2D eigenvalue weighted by Crippen LogP contribution is -2.21. The molecule has 0 atom stereocenters. The van der Waals surface area contributed by atoms with Gasteiger partial charge in [0.25, 0.3) is 5.56 Å². The topological polar surface area (TPSA) is 60.7 Å². The normalized spacial score (nSPS) is 11.1. The smallest absolute Gasteiger partial charge is 0.264 e. The molecule has 0 N–H and O–H groups in total. The zero-order chi connectivity index (χ0) is 19.5. The maximum atomic E-state index is 13.0. The highest BCUT2D eigenvalue weighted by molar-refractivity contribution is 7.98. The van der Waals surface area contributed by atoms with E-state index in [4.69, 9.17) is 0 Å². The van der Waals surface area contributed by atoms with Gasteiger partial charge in [0.1, 0.15) is 17.5 Å². The quantitative estimate of drug-likeness (QED) is 0.380. The summed E-state index contributed by atoms with van der Waals surface area (Å²) < 4.78 is 14.5. The number of benzene rings is 2. The van der Waals surface area contributed by atoms with Gasteiger partial charge in [-0.25, -0.2) is 19.3 Å². The number of aryl methyl sites for hydroxylation is 1. The highest BCUT2D eigenvalue weighted by atomic mass is 32.2. The lowest BCUT2D eigenvalue weighted by atomic mass is 10.2. The maximum absolute atomic E-state index is 13.0. The summed E-state index contributed by atoms with van der Waals surface area (Å²) in [4.78, 5) is 25.7. The van der Waals surface area contributed by atoms with Gasteiger partial charge in [-0.1, -0.05) is 53.7 Å². The molecule has 2 aromatic carbocycles. The summed E-state index contributed by atoms with van der Waals surface area (Å²) in [5.74, 6) is 0.435. The Labute approximate surface area is 165 Å². The van der Waals surface area contributed by atoms with Crippen LogP contribution in [0.1, 0.15) is 16.7 Å². The van der Waals surface area contributed by atoms with Crippen molar-refractivity contribution in [3.63, 3.8) is 0 Å². The van der Waals surface area contributed by atoms with E-state index in [1.807, 2.05) is 0 Å². The minimum Gasteiger partial charge on any atom is -0.294 e. The van der Waals surface area contributed by atoms with Crippen LogP contribution in [0.4, 0.5) is 4.39 Å². The van der Waals surface area contributed by atoms with Gasteiger partial charge >= 0.3 is 0 Å². The van der Waals surface area contributed by atoms with Crippen LogP contribution in [0.5, 0.6) is 0 Å². The molecule has 0 aliphatic carbocycles. The summed E-state index contributed by atoms with van der Waals surface area (Å²) in [6.07, 6.45) is 2.99. The number of aromatic nitrogens is 4. The maximum Gasteiger partial charge on any atom is 0.264 e. The molecule has 5 nitrogen and oxygen atoms in total. The molecule has 0 fully saturated rings. The zero-order valence-corrected chi connectivity index (χ0v) is 16.0. The van der Waals surface area contributed by atoms with Gasteiger partial charge in [-0.3, -0.25) is 9.36 Å². The van der Waals surface area contributed by atoms with Crippen molar-refractivity contribution in [1.29, 1.82) is 0 Å².